The van der Waals surface area contributed by atoms with E-state index in [-0.39, 0.29) is 5.92 Å². The maximum Gasteiger partial charge on any atom is 0.154 e. The lowest BCUT2D eigenvalue weighted by molar-refractivity contribution is -0.0936. The highest BCUT2D eigenvalue weighted by atomic mass is 16.5. The molecule has 0 saturated carbocycles. The van der Waals surface area contributed by atoms with Gasteiger partial charge >= 0.3 is 0 Å². The van der Waals surface area contributed by atoms with E-state index in [9.17, 15) is 5.11 Å². The minimum atomic E-state index is -1.30. The van der Waals surface area contributed by atoms with Crippen molar-refractivity contribution in [3.8, 4) is 0 Å². The average Bonchev–Trinajstić information content (AvgIpc) is 1.94. The predicted octanol–water partition coefficient (Wildman–Crippen LogP) is 0.0143. The molecule has 64 valence electrons. The molecular formula is C8H14O3. The van der Waals surface area contributed by atoms with Crippen LogP contribution in [0.1, 0.15) is 19.8 Å². The first-order valence-corrected chi connectivity index (χ1v) is 3.82. The van der Waals surface area contributed by atoms with E-state index in [1.165, 1.54) is 0 Å². The molecule has 0 amide bonds. The van der Waals surface area contributed by atoms with Crippen LogP contribution in [-0.4, -0.2) is 27.7 Å². The molecule has 0 fully saturated rings. The van der Waals surface area contributed by atoms with E-state index in [0.717, 1.165) is 5.57 Å². The first-order chi connectivity index (χ1) is 5.11. The van der Waals surface area contributed by atoms with Gasteiger partial charge in [0.05, 0.1) is 6.10 Å². The van der Waals surface area contributed by atoms with Crippen LogP contribution in [0.25, 0.3) is 0 Å². The second-order valence-electron chi connectivity index (χ2n) is 3.11. The van der Waals surface area contributed by atoms with Crippen molar-refractivity contribution in [3.63, 3.8) is 0 Å². The van der Waals surface area contributed by atoms with Gasteiger partial charge in [0.25, 0.3) is 0 Å². The zero-order valence-corrected chi connectivity index (χ0v) is 6.57. The van der Waals surface area contributed by atoms with Gasteiger partial charge in [0.15, 0.2) is 6.29 Å². The van der Waals surface area contributed by atoms with Crippen molar-refractivity contribution >= 4 is 0 Å². The fourth-order valence-electron chi connectivity index (χ4n) is 1.29. The number of aliphatic hydroxyl groups excluding tert-OH is 2. The molecular weight excluding hydrogens is 144 g/mol. The van der Waals surface area contributed by atoms with Crippen molar-refractivity contribution in [1.82, 2.24) is 0 Å². The number of aliphatic hydroxyl groups is 3. The largest absolute Gasteiger partial charge is 0.389 e. The molecule has 2 atom stereocenters. The summed E-state index contributed by atoms with van der Waals surface area (Å²) in [6, 6.07) is 0. The third-order valence-corrected chi connectivity index (χ3v) is 2.22. The maximum atomic E-state index is 9.31. The summed E-state index contributed by atoms with van der Waals surface area (Å²) in [6.45, 7) is 1.85. The van der Waals surface area contributed by atoms with Gasteiger partial charge in [-0.1, -0.05) is 6.08 Å². The lowest BCUT2D eigenvalue weighted by Crippen LogP contribution is -2.28. The molecule has 0 saturated heterocycles. The van der Waals surface area contributed by atoms with Crippen molar-refractivity contribution < 1.29 is 15.3 Å². The van der Waals surface area contributed by atoms with Crippen molar-refractivity contribution in [2.45, 2.75) is 32.2 Å². The standard InChI is InChI=1S/C8H14O3/c1-5-2-3-6(8(10)11)4-7(5)9/h2,6-11H,3-4H2,1H3. The number of rotatable bonds is 1. The molecule has 0 spiro atoms. The van der Waals surface area contributed by atoms with Gasteiger partial charge in [0.1, 0.15) is 0 Å². The average molecular weight is 158 g/mol. The van der Waals surface area contributed by atoms with Gasteiger partial charge in [0, 0.05) is 5.92 Å². The zero-order chi connectivity index (χ0) is 8.43. The molecule has 3 heteroatoms. The summed E-state index contributed by atoms with van der Waals surface area (Å²) >= 11 is 0. The van der Waals surface area contributed by atoms with Crippen LogP contribution in [0.5, 0.6) is 0 Å². The smallest absolute Gasteiger partial charge is 0.154 e. The molecule has 11 heavy (non-hydrogen) atoms. The molecule has 0 aromatic carbocycles. The molecule has 3 N–H and O–H groups in total. The van der Waals surface area contributed by atoms with Crippen molar-refractivity contribution in [1.29, 1.82) is 0 Å². The minimum Gasteiger partial charge on any atom is -0.389 e. The molecule has 1 rings (SSSR count). The van der Waals surface area contributed by atoms with E-state index in [0.29, 0.717) is 12.8 Å². The Labute approximate surface area is 66.0 Å². The maximum absolute atomic E-state index is 9.31. The predicted molar refractivity (Wildman–Crippen MR) is 40.7 cm³/mol. The summed E-state index contributed by atoms with van der Waals surface area (Å²) in [7, 11) is 0. The number of hydrogen-bond donors (Lipinski definition) is 3. The van der Waals surface area contributed by atoms with Crippen LogP contribution in [0.2, 0.25) is 0 Å². The lowest BCUT2D eigenvalue weighted by Gasteiger charge is -2.25. The van der Waals surface area contributed by atoms with Crippen LogP contribution in [0.3, 0.4) is 0 Å². The Kier molecular flexibility index (Phi) is 2.65. The number of allylic oxidation sites excluding steroid dienone is 1. The van der Waals surface area contributed by atoms with Crippen LogP contribution in [0, 0.1) is 5.92 Å². The van der Waals surface area contributed by atoms with Gasteiger partial charge in [0.2, 0.25) is 0 Å². The molecule has 2 unspecified atom stereocenters. The molecule has 1 aliphatic carbocycles. The fourth-order valence-corrected chi connectivity index (χ4v) is 1.29. The Morgan fingerprint density at radius 2 is 2.18 bits per heavy atom. The topological polar surface area (TPSA) is 60.7 Å². The van der Waals surface area contributed by atoms with Gasteiger partial charge in [-0.05, 0) is 25.3 Å². The highest BCUT2D eigenvalue weighted by Crippen LogP contribution is 2.25. The Morgan fingerprint density at radius 1 is 1.55 bits per heavy atom. The second-order valence-corrected chi connectivity index (χ2v) is 3.11. The molecule has 0 aliphatic heterocycles. The van der Waals surface area contributed by atoms with E-state index in [2.05, 4.69) is 0 Å². The van der Waals surface area contributed by atoms with Crippen LogP contribution in [0.15, 0.2) is 11.6 Å². The first kappa shape index (κ1) is 8.71. The summed E-state index contributed by atoms with van der Waals surface area (Å²) in [4.78, 5) is 0. The van der Waals surface area contributed by atoms with Crippen molar-refractivity contribution in [2.24, 2.45) is 5.92 Å². The third-order valence-electron chi connectivity index (χ3n) is 2.22. The SMILES string of the molecule is CC1=CCC(C(O)O)CC1O. The highest BCUT2D eigenvalue weighted by Gasteiger charge is 2.24. The van der Waals surface area contributed by atoms with Gasteiger partial charge in [-0.3, -0.25) is 0 Å². The van der Waals surface area contributed by atoms with Gasteiger partial charge in [-0.25, -0.2) is 0 Å². The van der Waals surface area contributed by atoms with E-state index in [1.54, 1.807) is 0 Å². The summed E-state index contributed by atoms with van der Waals surface area (Å²) in [5.41, 5.74) is 0.932. The fraction of sp³-hybridized carbons (Fsp3) is 0.750. The molecule has 3 nitrogen and oxygen atoms in total. The van der Waals surface area contributed by atoms with Crippen LogP contribution < -0.4 is 0 Å². The quantitative estimate of drug-likeness (QED) is 0.372. The van der Waals surface area contributed by atoms with Gasteiger partial charge in [-0.15, -0.1) is 0 Å². The molecule has 0 radical (unpaired) electrons. The Bertz CT molecular complexity index is 163. The Balaban J connectivity index is 2.55. The van der Waals surface area contributed by atoms with Gasteiger partial charge in [-0.2, -0.15) is 0 Å². The van der Waals surface area contributed by atoms with E-state index < -0.39 is 12.4 Å². The summed E-state index contributed by atoms with van der Waals surface area (Å²) < 4.78 is 0. The van der Waals surface area contributed by atoms with E-state index >= 15 is 0 Å². The van der Waals surface area contributed by atoms with Crippen molar-refractivity contribution in [2.75, 3.05) is 0 Å². The number of hydrogen-bond acceptors (Lipinski definition) is 3. The molecule has 0 aromatic rings. The summed E-state index contributed by atoms with van der Waals surface area (Å²) in [5, 5.41) is 26.9. The normalized spacial score (nSPS) is 32.3. The van der Waals surface area contributed by atoms with Crippen LogP contribution in [-0.2, 0) is 0 Å². The Morgan fingerprint density at radius 3 is 2.64 bits per heavy atom. The highest BCUT2D eigenvalue weighted by molar-refractivity contribution is 5.09. The molecule has 0 heterocycles. The minimum absolute atomic E-state index is 0.200. The monoisotopic (exact) mass is 158 g/mol. The lowest BCUT2D eigenvalue weighted by atomic mass is 9.88. The first-order valence-electron chi connectivity index (χ1n) is 3.82. The molecule has 0 bridgehead atoms. The van der Waals surface area contributed by atoms with E-state index in [4.69, 9.17) is 10.2 Å². The molecule has 0 aromatic heterocycles. The third kappa shape index (κ3) is 2.02. The van der Waals surface area contributed by atoms with E-state index in [1.807, 2.05) is 13.0 Å². The summed E-state index contributed by atoms with van der Waals surface area (Å²) in [5.74, 6) is -0.200. The van der Waals surface area contributed by atoms with Crippen LogP contribution >= 0.6 is 0 Å². The second kappa shape index (κ2) is 3.34. The van der Waals surface area contributed by atoms with Gasteiger partial charge < -0.3 is 15.3 Å². The summed E-state index contributed by atoms with van der Waals surface area (Å²) in [6.07, 6.45) is 1.18. The Hall–Kier alpha value is -0.380. The molecule has 1 aliphatic rings. The van der Waals surface area contributed by atoms with Crippen molar-refractivity contribution in [3.05, 3.63) is 11.6 Å². The zero-order valence-electron chi connectivity index (χ0n) is 6.57. The van der Waals surface area contributed by atoms with Crippen LogP contribution in [0.4, 0.5) is 0 Å².